The van der Waals surface area contributed by atoms with Crippen LogP contribution in [-0.2, 0) is 15.1 Å². The Bertz CT molecular complexity index is 455. The van der Waals surface area contributed by atoms with Crippen LogP contribution in [0.1, 0.15) is 44.4 Å². The van der Waals surface area contributed by atoms with Gasteiger partial charge < -0.3 is 9.84 Å². The minimum atomic E-state index is -1.24. The van der Waals surface area contributed by atoms with Gasteiger partial charge in [-0.25, -0.2) is 0 Å². The van der Waals surface area contributed by atoms with Crippen molar-refractivity contribution in [3.63, 3.8) is 0 Å². The van der Waals surface area contributed by atoms with Gasteiger partial charge in [0.1, 0.15) is 5.60 Å². The minimum Gasteiger partial charge on any atom is -0.466 e. The second-order valence-electron chi connectivity index (χ2n) is 6.00. The van der Waals surface area contributed by atoms with E-state index in [1.54, 1.807) is 13.8 Å². The lowest BCUT2D eigenvalue weighted by atomic mass is 9.76. The number of rotatable bonds is 5. The minimum absolute atomic E-state index is 0.00938. The molecule has 0 aliphatic carbocycles. The predicted octanol–water partition coefficient (Wildman–Crippen LogP) is 3.35. The Hall–Kier alpha value is -1.35. The van der Waals surface area contributed by atoms with Gasteiger partial charge in [-0.3, -0.25) is 4.79 Å². The molecule has 0 heterocycles. The van der Waals surface area contributed by atoms with Crippen molar-refractivity contribution in [1.82, 2.24) is 0 Å². The van der Waals surface area contributed by atoms with Crippen LogP contribution in [-0.4, -0.2) is 17.7 Å². The predicted molar refractivity (Wildman–Crippen MR) is 80.4 cm³/mol. The number of benzene rings is 1. The van der Waals surface area contributed by atoms with Crippen molar-refractivity contribution < 1.29 is 14.6 Å². The molecule has 1 rings (SSSR count). The molecule has 112 valence electrons. The highest BCUT2D eigenvalue weighted by Crippen LogP contribution is 2.36. The Balaban J connectivity index is 3.25. The molecule has 1 aromatic rings. The molecule has 2 unspecified atom stereocenters. The molecule has 0 amide bonds. The zero-order chi connectivity index (χ0) is 15.5. The molecule has 0 aliphatic rings. The largest absolute Gasteiger partial charge is 0.466 e. The first-order valence-electron chi connectivity index (χ1n) is 7.18. The summed E-state index contributed by atoms with van der Waals surface area (Å²) in [5.41, 5.74) is 1.68. The van der Waals surface area contributed by atoms with E-state index >= 15 is 0 Å². The van der Waals surface area contributed by atoms with Crippen LogP contribution in [0.5, 0.6) is 0 Å². The summed E-state index contributed by atoms with van der Waals surface area (Å²) in [5, 5.41) is 11.0. The molecule has 0 radical (unpaired) electrons. The molecule has 0 aromatic heterocycles. The molecule has 1 aromatic carbocycles. The zero-order valence-electron chi connectivity index (χ0n) is 13.4. The number of esters is 1. The third kappa shape index (κ3) is 3.60. The number of carbonyl (C=O) groups is 1. The Morgan fingerprint density at radius 1 is 1.25 bits per heavy atom. The molecule has 0 fully saturated rings. The summed E-state index contributed by atoms with van der Waals surface area (Å²) >= 11 is 0. The summed E-state index contributed by atoms with van der Waals surface area (Å²) in [6.45, 7) is 11.6. The highest BCUT2D eigenvalue weighted by Gasteiger charge is 2.42. The molecular weight excluding hydrogens is 252 g/mol. The van der Waals surface area contributed by atoms with Crippen molar-refractivity contribution in [2.24, 2.45) is 11.8 Å². The molecule has 0 saturated carbocycles. The maximum Gasteiger partial charge on any atom is 0.312 e. The van der Waals surface area contributed by atoms with Crippen LogP contribution in [0, 0.1) is 25.7 Å². The highest BCUT2D eigenvalue weighted by molar-refractivity contribution is 5.74. The standard InChI is InChI=1S/C17H26O3/c1-7-20-16(18)15(11(2)3)17(6,19)14-9-12(4)8-13(5)10-14/h8-11,15,19H,7H2,1-6H3. The summed E-state index contributed by atoms with van der Waals surface area (Å²) in [7, 11) is 0. The van der Waals surface area contributed by atoms with Gasteiger partial charge in [0.25, 0.3) is 0 Å². The van der Waals surface area contributed by atoms with E-state index in [0.717, 1.165) is 16.7 Å². The van der Waals surface area contributed by atoms with Crippen LogP contribution >= 0.6 is 0 Å². The van der Waals surface area contributed by atoms with Gasteiger partial charge in [0.15, 0.2) is 0 Å². The van der Waals surface area contributed by atoms with Crippen molar-refractivity contribution in [1.29, 1.82) is 0 Å². The number of carbonyl (C=O) groups excluding carboxylic acids is 1. The molecule has 2 atom stereocenters. The van der Waals surface area contributed by atoms with E-state index < -0.39 is 11.5 Å². The number of aliphatic hydroxyl groups is 1. The molecule has 0 aliphatic heterocycles. The summed E-state index contributed by atoms with van der Waals surface area (Å²) in [6, 6.07) is 5.91. The molecule has 3 heteroatoms. The van der Waals surface area contributed by atoms with Gasteiger partial charge in [0.2, 0.25) is 0 Å². The number of aryl methyl sites for hydroxylation is 2. The molecule has 3 nitrogen and oxygen atoms in total. The first-order chi connectivity index (χ1) is 9.20. The van der Waals surface area contributed by atoms with Crippen LogP contribution in [0.4, 0.5) is 0 Å². The SMILES string of the molecule is CCOC(=O)C(C(C)C)C(C)(O)c1cc(C)cc(C)c1. The molecular formula is C17H26O3. The van der Waals surface area contributed by atoms with E-state index in [0.29, 0.717) is 6.61 Å². The van der Waals surface area contributed by atoms with Crippen LogP contribution in [0.3, 0.4) is 0 Å². The number of hydrogen-bond acceptors (Lipinski definition) is 3. The van der Waals surface area contributed by atoms with Crippen molar-refractivity contribution in [3.05, 3.63) is 34.9 Å². The van der Waals surface area contributed by atoms with Gasteiger partial charge in [-0.1, -0.05) is 43.2 Å². The monoisotopic (exact) mass is 278 g/mol. The summed E-state index contributed by atoms with van der Waals surface area (Å²) in [5.74, 6) is -0.930. The lowest BCUT2D eigenvalue weighted by molar-refractivity contribution is -0.161. The molecule has 20 heavy (non-hydrogen) atoms. The first-order valence-corrected chi connectivity index (χ1v) is 7.18. The average Bonchev–Trinajstić information content (AvgIpc) is 2.26. The molecule has 0 spiro atoms. The Kier molecular flexibility index (Phi) is 5.35. The van der Waals surface area contributed by atoms with Gasteiger partial charge in [-0.05, 0) is 39.2 Å². The Morgan fingerprint density at radius 3 is 2.15 bits per heavy atom. The topological polar surface area (TPSA) is 46.5 Å². The molecule has 0 bridgehead atoms. The van der Waals surface area contributed by atoms with E-state index in [4.69, 9.17) is 4.74 Å². The average molecular weight is 278 g/mol. The third-order valence-electron chi connectivity index (χ3n) is 3.62. The summed E-state index contributed by atoms with van der Waals surface area (Å²) < 4.78 is 5.13. The normalized spacial score (nSPS) is 15.8. The second kappa shape index (κ2) is 6.40. The van der Waals surface area contributed by atoms with Crippen LogP contribution < -0.4 is 0 Å². The smallest absolute Gasteiger partial charge is 0.312 e. The van der Waals surface area contributed by atoms with Gasteiger partial charge >= 0.3 is 5.97 Å². The van der Waals surface area contributed by atoms with Crippen LogP contribution in [0.25, 0.3) is 0 Å². The second-order valence-corrected chi connectivity index (χ2v) is 6.00. The van der Waals surface area contributed by atoms with E-state index in [-0.39, 0.29) is 11.9 Å². The van der Waals surface area contributed by atoms with Gasteiger partial charge in [0, 0.05) is 0 Å². The van der Waals surface area contributed by atoms with Gasteiger partial charge in [0.05, 0.1) is 12.5 Å². The lowest BCUT2D eigenvalue weighted by Gasteiger charge is -2.34. The van der Waals surface area contributed by atoms with Crippen molar-refractivity contribution in [3.8, 4) is 0 Å². The molecule has 1 N–H and O–H groups in total. The lowest BCUT2D eigenvalue weighted by Crippen LogP contribution is -2.41. The fraction of sp³-hybridized carbons (Fsp3) is 0.588. The van der Waals surface area contributed by atoms with E-state index in [9.17, 15) is 9.90 Å². The van der Waals surface area contributed by atoms with Crippen LogP contribution in [0.2, 0.25) is 0 Å². The Morgan fingerprint density at radius 2 is 1.75 bits per heavy atom. The maximum absolute atomic E-state index is 12.2. The van der Waals surface area contributed by atoms with E-state index in [1.807, 2.05) is 45.9 Å². The van der Waals surface area contributed by atoms with Crippen molar-refractivity contribution in [2.75, 3.05) is 6.61 Å². The van der Waals surface area contributed by atoms with Crippen molar-refractivity contribution in [2.45, 2.75) is 47.1 Å². The Labute approximate surface area is 122 Å². The first kappa shape index (κ1) is 16.7. The maximum atomic E-state index is 12.2. The molecule has 0 saturated heterocycles. The summed E-state index contributed by atoms with van der Waals surface area (Å²) in [4.78, 5) is 12.2. The van der Waals surface area contributed by atoms with Crippen LogP contribution in [0.15, 0.2) is 18.2 Å². The third-order valence-corrected chi connectivity index (χ3v) is 3.62. The van der Waals surface area contributed by atoms with Gasteiger partial charge in [-0.2, -0.15) is 0 Å². The van der Waals surface area contributed by atoms with E-state index in [2.05, 4.69) is 0 Å². The quantitative estimate of drug-likeness (QED) is 0.840. The fourth-order valence-corrected chi connectivity index (χ4v) is 2.83. The van der Waals surface area contributed by atoms with Gasteiger partial charge in [-0.15, -0.1) is 0 Å². The summed E-state index contributed by atoms with van der Waals surface area (Å²) in [6.07, 6.45) is 0. The van der Waals surface area contributed by atoms with Crippen molar-refractivity contribution >= 4 is 5.97 Å². The highest BCUT2D eigenvalue weighted by atomic mass is 16.5. The van der Waals surface area contributed by atoms with E-state index in [1.165, 1.54) is 0 Å². The zero-order valence-corrected chi connectivity index (χ0v) is 13.4. The fourth-order valence-electron chi connectivity index (χ4n) is 2.83. The number of hydrogen-bond donors (Lipinski definition) is 1. The number of ether oxygens (including phenoxy) is 1.